The number of ether oxygens (including phenoxy) is 1. The Morgan fingerprint density at radius 2 is 2.05 bits per heavy atom. The molecule has 0 bridgehead atoms. The molecule has 6 heteroatoms. The first kappa shape index (κ1) is 15.2. The Balaban J connectivity index is 1.94. The number of carbonyl (C=O) groups is 1. The summed E-state index contributed by atoms with van der Waals surface area (Å²) in [6.07, 6.45) is 2.89. The van der Waals surface area contributed by atoms with E-state index in [9.17, 15) is 4.79 Å². The van der Waals surface area contributed by atoms with E-state index in [0.29, 0.717) is 5.82 Å². The van der Waals surface area contributed by atoms with Crippen molar-refractivity contribution in [3.05, 3.63) is 23.8 Å². The van der Waals surface area contributed by atoms with Gasteiger partial charge in [-0.2, -0.15) is 4.98 Å². The average Bonchev–Trinajstić information content (AvgIpc) is 2.46. The predicted molar refractivity (Wildman–Crippen MR) is 79.1 cm³/mol. The molecule has 0 atom stereocenters. The first-order valence-electron chi connectivity index (χ1n) is 7.06. The van der Waals surface area contributed by atoms with Crippen LogP contribution in [0.25, 0.3) is 4.85 Å². The van der Waals surface area contributed by atoms with Crippen molar-refractivity contribution in [2.75, 3.05) is 18.0 Å². The molecule has 1 aliphatic heterocycles. The molecule has 1 fully saturated rings. The van der Waals surface area contributed by atoms with Gasteiger partial charge in [0.05, 0.1) is 5.92 Å². The van der Waals surface area contributed by atoms with Crippen molar-refractivity contribution in [3.63, 3.8) is 0 Å². The maximum Gasteiger partial charge on any atom is 0.309 e. The fourth-order valence-electron chi connectivity index (χ4n) is 2.30. The van der Waals surface area contributed by atoms with E-state index in [0.717, 1.165) is 31.7 Å². The van der Waals surface area contributed by atoms with Crippen LogP contribution in [-0.2, 0) is 9.53 Å². The molecule has 2 rings (SSSR count). The van der Waals surface area contributed by atoms with Crippen LogP contribution in [0.3, 0.4) is 0 Å². The zero-order valence-electron chi connectivity index (χ0n) is 12.7. The standard InChI is InChI=1S/C15H20N4O2/c1-15(2,3)21-14(20)11-5-7-19(8-6-11)13-9-12(16-4)17-10-18-13/h9-11H,5-8H2,1-3H3. The maximum absolute atomic E-state index is 12.1. The van der Waals surface area contributed by atoms with Crippen molar-refractivity contribution in [1.29, 1.82) is 0 Å². The third-order valence-corrected chi connectivity index (χ3v) is 3.31. The van der Waals surface area contributed by atoms with Gasteiger partial charge in [0.2, 0.25) is 6.33 Å². The number of aromatic nitrogens is 2. The van der Waals surface area contributed by atoms with Crippen molar-refractivity contribution in [2.24, 2.45) is 5.92 Å². The minimum absolute atomic E-state index is 0.0531. The van der Waals surface area contributed by atoms with E-state index in [1.165, 1.54) is 6.33 Å². The van der Waals surface area contributed by atoms with Gasteiger partial charge in [-0.3, -0.25) is 4.79 Å². The Bertz CT molecular complexity index is 552. The molecule has 0 unspecified atom stereocenters. The average molecular weight is 288 g/mol. The number of piperidine rings is 1. The van der Waals surface area contributed by atoms with Crippen LogP contribution in [0.15, 0.2) is 12.4 Å². The van der Waals surface area contributed by atoms with Gasteiger partial charge in [0, 0.05) is 19.2 Å². The summed E-state index contributed by atoms with van der Waals surface area (Å²) in [4.78, 5) is 25.5. The first-order chi connectivity index (χ1) is 9.89. The van der Waals surface area contributed by atoms with E-state index in [2.05, 4.69) is 19.7 Å². The highest BCUT2D eigenvalue weighted by molar-refractivity contribution is 5.73. The van der Waals surface area contributed by atoms with Gasteiger partial charge in [-0.05, 0) is 33.6 Å². The largest absolute Gasteiger partial charge is 0.460 e. The van der Waals surface area contributed by atoms with E-state index in [-0.39, 0.29) is 11.9 Å². The molecule has 0 aromatic carbocycles. The van der Waals surface area contributed by atoms with Crippen molar-refractivity contribution >= 4 is 17.6 Å². The van der Waals surface area contributed by atoms with Gasteiger partial charge >= 0.3 is 5.97 Å². The molecule has 1 aromatic heterocycles. The van der Waals surface area contributed by atoms with Gasteiger partial charge in [-0.15, -0.1) is 4.98 Å². The third-order valence-electron chi connectivity index (χ3n) is 3.31. The van der Waals surface area contributed by atoms with Gasteiger partial charge < -0.3 is 14.5 Å². The lowest BCUT2D eigenvalue weighted by molar-refractivity contribution is -0.160. The molecule has 0 radical (unpaired) electrons. The Kier molecular flexibility index (Phi) is 4.41. The fraction of sp³-hybridized carbons (Fsp3) is 0.600. The molecule has 2 heterocycles. The zero-order chi connectivity index (χ0) is 15.5. The summed E-state index contributed by atoms with van der Waals surface area (Å²) in [7, 11) is 0. The van der Waals surface area contributed by atoms with Gasteiger partial charge in [0.15, 0.2) is 0 Å². The molecule has 1 aromatic rings. The van der Waals surface area contributed by atoms with Crippen LogP contribution in [0.1, 0.15) is 33.6 Å². The highest BCUT2D eigenvalue weighted by Crippen LogP contribution is 2.25. The second kappa shape index (κ2) is 6.08. The van der Waals surface area contributed by atoms with E-state index in [4.69, 9.17) is 11.3 Å². The topological polar surface area (TPSA) is 59.7 Å². The van der Waals surface area contributed by atoms with Gasteiger partial charge in [-0.25, -0.2) is 0 Å². The summed E-state index contributed by atoms with van der Waals surface area (Å²) in [6.45, 7) is 14.1. The molecule has 6 nitrogen and oxygen atoms in total. The smallest absolute Gasteiger partial charge is 0.309 e. The van der Waals surface area contributed by atoms with Crippen LogP contribution >= 0.6 is 0 Å². The van der Waals surface area contributed by atoms with E-state index >= 15 is 0 Å². The van der Waals surface area contributed by atoms with Gasteiger partial charge in [0.1, 0.15) is 11.4 Å². The Morgan fingerprint density at radius 1 is 1.38 bits per heavy atom. The lowest BCUT2D eigenvalue weighted by Crippen LogP contribution is -2.39. The second-order valence-corrected chi connectivity index (χ2v) is 6.14. The molecule has 112 valence electrons. The third kappa shape index (κ3) is 4.15. The maximum atomic E-state index is 12.1. The number of nitrogens with zero attached hydrogens (tertiary/aromatic N) is 4. The summed E-state index contributed by atoms with van der Waals surface area (Å²) in [5, 5.41) is 0. The van der Waals surface area contributed by atoms with Crippen molar-refractivity contribution in [3.8, 4) is 0 Å². The summed E-state index contributed by atoms with van der Waals surface area (Å²) in [5.41, 5.74) is -0.439. The van der Waals surface area contributed by atoms with Crippen molar-refractivity contribution in [2.45, 2.75) is 39.2 Å². The Labute approximate surface area is 125 Å². The van der Waals surface area contributed by atoms with E-state index < -0.39 is 5.60 Å². The number of anilines is 1. The number of esters is 1. The van der Waals surface area contributed by atoms with Crippen LogP contribution in [0, 0.1) is 12.5 Å². The van der Waals surface area contributed by atoms with Crippen LogP contribution in [0.4, 0.5) is 11.6 Å². The van der Waals surface area contributed by atoms with Crippen molar-refractivity contribution in [1.82, 2.24) is 9.97 Å². The van der Waals surface area contributed by atoms with Gasteiger partial charge in [0.25, 0.3) is 5.82 Å². The molecule has 0 amide bonds. The van der Waals surface area contributed by atoms with Crippen molar-refractivity contribution < 1.29 is 9.53 Å². The normalized spacial score (nSPS) is 16.4. The minimum atomic E-state index is -0.439. The SMILES string of the molecule is [C-]#[N+]c1cc(N2CCC(C(=O)OC(C)(C)C)CC2)ncn1. The van der Waals surface area contributed by atoms with Crippen LogP contribution < -0.4 is 4.90 Å². The zero-order valence-corrected chi connectivity index (χ0v) is 12.7. The molecule has 0 spiro atoms. The fourth-order valence-corrected chi connectivity index (χ4v) is 2.30. The molecule has 0 N–H and O–H groups in total. The monoisotopic (exact) mass is 288 g/mol. The predicted octanol–water partition coefficient (Wildman–Crippen LogP) is 2.59. The quantitative estimate of drug-likeness (QED) is 0.618. The number of carbonyl (C=O) groups excluding carboxylic acids is 1. The first-order valence-corrected chi connectivity index (χ1v) is 7.06. The number of rotatable bonds is 2. The van der Waals surface area contributed by atoms with Crippen LogP contribution in [-0.4, -0.2) is 34.6 Å². The van der Waals surface area contributed by atoms with E-state index in [1.54, 1.807) is 6.07 Å². The molecule has 1 aliphatic rings. The summed E-state index contributed by atoms with van der Waals surface area (Å²) >= 11 is 0. The second-order valence-electron chi connectivity index (χ2n) is 6.14. The number of hydrogen-bond acceptors (Lipinski definition) is 5. The molecule has 21 heavy (non-hydrogen) atoms. The number of hydrogen-bond donors (Lipinski definition) is 0. The lowest BCUT2D eigenvalue weighted by atomic mass is 9.96. The molecular weight excluding hydrogens is 268 g/mol. The Morgan fingerprint density at radius 3 is 2.62 bits per heavy atom. The van der Waals surface area contributed by atoms with Crippen LogP contribution in [0.2, 0.25) is 0 Å². The lowest BCUT2D eigenvalue weighted by Gasteiger charge is -2.33. The minimum Gasteiger partial charge on any atom is -0.460 e. The molecule has 0 aliphatic carbocycles. The van der Waals surface area contributed by atoms with E-state index in [1.807, 2.05) is 20.8 Å². The highest BCUT2D eigenvalue weighted by Gasteiger charge is 2.29. The summed E-state index contributed by atoms with van der Waals surface area (Å²) in [6, 6.07) is 1.68. The van der Waals surface area contributed by atoms with Gasteiger partial charge in [-0.1, -0.05) is 6.57 Å². The summed E-state index contributed by atoms with van der Waals surface area (Å²) in [5.74, 6) is 0.919. The highest BCUT2D eigenvalue weighted by atomic mass is 16.6. The molecular formula is C15H20N4O2. The molecule has 0 saturated carbocycles. The van der Waals surface area contributed by atoms with Crippen LogP contribution in [0.5, 0.6) is 0 Å². The summed E-state index contributed by atoms with van der Waals surface area (Å²) < 4.78 is 5.43. The Hall–Kier alpha value is -2.16. The molecule has 1 saturated heterocycles.